The van der Waals surface area contributed by atoms with Gasteiger partial charge in [0, 0.05) is 115 Å². The first-order chi connectivity index (χ1) is 59.5. The molecule has 26 aromatic rings. The van der Waals surface area contributed by atoms with Crippen molar-refractivity contribution in [2.45, 2.75) is 0 Å². The summed E-state index contributed by atoms with van der Waals surface area (Å²) in [7, 11) is 0. The lowest BCUT2D eigenvalue weighted by Gasteiger charge is -2.12. The molecule has 7 nitrogen and oxygen atoms in total. The molecule has 3 N–H and O–H groups in total. The molecule has 120 heavy (non-hydrogen) atoms. The van der Waals surface area contributed by atoms with E-state index in [1.165, 1.54) is 225 Å². The van der Waals surface area contributed by atoms with Gasteiger partial charge < -0.3 is 28.7 Å². The number of hydrogen-bond donors (Lipinski definition) is 3. The number of H-pyrrole nitrogens is 3. The number of pyridine rings is 1. The number of rotatable bonds is 8. The van der Waals surface area contributed by atoms with Crippen LogP contribution in [0.3, 0.4) is 0 Å². The number of hydrogen-bond acceptors (Lipinski definition) is 1. The first-order valence-electron chi connectivity index (χ1n) is 41.1. The summed E-state index contributed by atoms with van der Waals surface area (Å²) >= 11 is 0. The van der Waals surface area contributed by atoms with Gasteiger partial charge in [0.1, 0.15) is 0 Å². The van der Waals surface area contributed by atoms with Crippen molar-refractivity contribution in [2.75, 3.05) is 0 Å². The van der Waals surface area contributed by atoms with Crippen LogP contribution in [0.15, 0.2) is 425 Å². The number of fused-ring (bicyclic) bond motifs is 24. The summed E-state index contributed by atoms with van der Waals surface area (Å²) < 4.78 is 7.09. The zero-order valence-electron chi connectivity index (χ0n) is 65.2. The second kappa shape index (κ2) is 27.8. The van der Waals surface area contributed by atoms with Crippen LogP contribution in [0.2, 0.25) is 0 Å². The maximum Gasteiger partial charge on any atom is 0.0645 e. The van der Waals surface area contributed by atoms with Crippen molar-refractivity contribution in [1.29, 1.82) is 0 Å². The summed E-state index contributed by atoms with van der Waals surface area (Å²) in [5.41, 5.74) is 29.9. The molecule has 7 aromatic heterocycles. The van der Waals surface area contributed by atoms with E-state index in [9.17, 15) is 0 Å². The lowest BCUT2D eigenvalue weighted by Crippen LogP contribution is -1.94. The summed E-state index contributed by atoms with van der Waals surface area (Å²) in [6.07, 6.45) is 3.76. The summed E-state index contributed by atoms with van der Waals surface area (Å²) in [5.74, 6) is 0. The van der Waals surface area contributed by atoms with Crippen LogP contribution < -0.4 is 0 Å². The third kappa shape index (κ3) is 11.1. The molecule has 0 aliphatic carbocycles. The Hall–Kier alpha value is -16.1. The zero-order chi connectivity index (χ0) is 78.9. The minimum absolute atomic E-state index is 1.07. The normalized spacial score (nSPS) is 11.8. The zero-order valence-corrected chi connectivity index (χ0v) is 65.2. The van der Waals surface area contributed by atoms with Crippen LogP contribution in [0.5, 0.6) is 0 Å². The number of benzene rings is 19. The molecule has 0 saturated heterocycles. The minimum atomic E-state index is 1.07. The van der Waals surface area contributed by atoms with Gasteiger partial charge in [-0.1, -0.05) is 297 Å². The van der Waals surface area contributed by atoms with Crippen molar-refractivity contribution >= 4 is 163 Å². The summed E-state index contributed by atoms with van der Waals surface area (Å²) in [5, 5.41) is 22.9. The lowest BCUT2D eigenvalue weighted by molar-refractivity contribution is 1.14. The monoisotopic (exact) mass is 1530 g/mol. The molecule has 0 unspecified atom stereocenters. The van der Waals surface area contributed by atoms with Crippen LogP contribution in [0.25, 0.3) is 236 Å². The molecular formula is C113H73N7. The van der Waals surface area contributed by atoms with Gasteiger partial charge >= 0.3 is 0 Å². The molecule has 0 aliphatic heterocycles. The molecule has 560 valence electrons. The Balaban J connectivity index is 0.000000103. The highest BCUT2D eigenvalue weighted by Crippen LogP contribution is 2.46. The van der Waals surface area contributed by atoms with Crippen molar-refractivity contribution in [2.24, 2.45) is 0 Å². The number of para-hydroxylation sites is 8. The van der Waals surface area contributed by atoms with E-state index in [0.717, 1.165) is 11.2 Å². The summed E-state index contributed by atoms with van der Waals surface area (Å²) in [6, 6.07) is 149. The van der Waals surface area contributed by atoms with Gasteiger partial charge in [0.05, 0.1) is 45.0 Å². The Bertz CT molecular complexity index is 8590. The van der Waals surface area contributed by atoms with Gasteiger partial charge in [-0.2, -0.15) is 0 Å². The lowest BCUT2D eigenvalue weighted by atomic mass is 9.93. The molecule has 0 aliphatic rings. The predicted molar refractivity (Wildman–Crippen MR) is 508 cm³/mol. The van der Waals surface area contributed by atoms with Gasteiger partial charge in [-0.25, -0.2) is 0 Å². The second-order valence-corrected chi connectivity index (χ2v) is 31.5. The molecule has 0 atom stereocenters. The molecule has 7 heteroatoms. The fourth-order valence-electron chi connectivity index (χ4n) is 19.5. The number of aromatic nitrogens is 7. The van der Waals surface area contributed by atoms with Crippen LogP contribution in [0, 0.1) is 0 Å². The summed E-state index contributed by atoms with van der Waals surface area (Å²) in [6.45, 7) is 0. The molecule has 0 bridgehead atoms. The molecule has 0 spiro atoms. The van der Waals surface area contributed by atoms with E-state index in [1.54, 1.807) is 0 Å². The Labute approximate surface area is 689 Å². The average Bonchev–Trinajstić information content (AvgIpc) is 1.56. The number of aromatic amines is 3. The van der Waals surface area contributed by atoms with E-state index in [4.69, 9.17) is 0 Å². The topological polar surface area (TPSA) is 75.0 Å². The van der Waals surface area contributed by atoms with Gasteiger partial charge in [-0.05, 0) is 203 Å². The first-order valence-corrected chi connectivity index (χ1v) is 41.1. The largest absolute Gasteiger partial charge is 0.354 e. The van der Waals surface area contributed by atoms with E-state index in [1.807, 2.05) is 18.5 Å². The highest BCUT2D eigenvalue weighted by molar-refractivity contribution is 6.27. The third-order valence-electron chi connectivity index (χ3n) is 24.8. The fourth-order valence-corrected chi connectivity index (χ4v) is 19.5. The SMILES string of the molecule is c1ccc(-n2c3ccccc3c3ccc(-c4ccc(-c5cc6[nH]c7ccccc7c6c6ccccc56)cc4)cc32)cc1.c1ccc(-n2c3ccccc3c3ccc(-c4cccc(-c5cc6[nH]c7ccccc7c6c6ccccc56)c4)cc32)cc1.c1cncc(-n2c3ccccc3c3ccc(-c4cc5[nH]c6ccccc6c5c5ccccc45)cc32)c1. The molecule has 0 amide bonds. The van der Waals surface area contributed by atoms with Gasteiger partial charge in [0.25, 0.3) is 0 Å². The average molecular weight is 1530 g/mol. The Morgan fingerprint density at radius 3 is 0.883 bits per heavy atom. The van der Waals surface area contributed by atoms with E-state index < -0.39 is 0 Å². The number of nitrogens with zero attached hydrogens (tertiary/aromatic N) is 4. The van der Waals surface area contributed by atoms with E-state index in [-0.39, 0.29) is 0 Å². The van der Waals surface area contributed by atoms with Gasteiger partial charge in [-0.3, -0.25) is 4.98 Å². The van der Waals surface area contributed by atoms with Crippen LogP contribution in [-0.4, -0.2) is 33.6 Å². The Morgan fingerprint density at radius 1 is 0.167 bits per heavy atom. The molecule has 0 saturated carbocycles. The van der Waals surface area contributed by atoms with Crippen molar-refractivity contribution in [3.05, 3.63) is 425 Å². The van der Waals surface area contributed by atoms with Crippen molar-refractivity contribution in [3.63, 3.8) is 0 Å². The Kier molecular flexibility index (Phi) is 15.9. The first kappa shape index (κ1) is 68.3. The van der Waals surface area contributed by atoms with Crippen molar-refractivity contribution in [3.8, 4) is 72.7 Å². The van der Waals surface area contributed by atoms with Gasteiger partial charge in [0.2, 0.25) is 0 Å². The molecule has 19 aromatic carbocycles. The standard InChI is InChI=1S/2C40H26N2.C33H21N3/c1-2-13-29(14-3-1)42-38-20-9-7-16-31(38)32-22-21-27(24-39(32)42)26-11-10-12-28(23-26)35-25-37-40(33-17-5-4-15-30(33)35)34-18-6-8-19-36(34)41-37;1-2-10-29(11-3-1)42-38-17-9-7-13-31(38)32-23-22-28(24-39(32)42)26-18-20-27(21-19-26)35-25-37-40(33-14-5-4-12-30(33)35)34-15-6-8-16-36(34)41-37;1-2-11-26-23(9-1)28(19-30-33(26)27-12-3-5-13-29(27)35-30)21-15-16-25-24-10-4-6-14-31(24)36(32(25)18-21)22-8-7-17-34-20-22/h2*1-25,41H;1-20,35H. The van der Waals surface area contributed by atoms with Crippen LogP contribution >= 0.6 is 0 Å². The van der Waals surface area contributed by atoms with E-state index in [0.29, 0.717) is 0 Å². The predicted octanol–water partition coefficient (Wildman–Crippen LogP) is 30.4. The van der Waals surface area contributed by atoms with Crippen LogP contribution in [-0.2, 0) is 0 Å². The van der Waals surface area contributed by atoms with Crippen LogP contribution in [0.4, 0.5) is 0 Å². The van der Waals surface area contributed by atoms with Crippen LogP contribution in [0.1, 0.15) is 0 Å². The smallest absolute Gasteiger partial charge is 0.0645 e. The fraction of sp³-hybridized carbons (Fsp3) is 0. The summed E-state index contributed by atoms with van der Waals surface area (Å²) in [4.78, 5) is 15.4. The van der Waals surface area contributed by atoms with Gasteiger partial charge in [-0.15, -0.1) is 0 Å². The Morgan fingerprint density at radius 2 is 0.458 bits per heavy atom. The molecular weight excluding hydrogens is 1460 g/mol. The molecule has 26 rings (SSSR count). The molecule has 0 radical (unpaired) electrons. The third-order valence-corrected chi connectivity index (χ3v) is 24.8. The van der Waals surface area contributed by atoms with Gasteiger partial charge in [0.15, 0.2) is 0 Å². The van der Waals surface area contributed by atoms with E-state index in [2.05, 4.69) is 440 Å². The highest BCUT2D eigenvalue weighted by atomic mass is 15.0. The molecule has 7 heterocycles. The minimum Gasteiger partial charge on any atom is -0.354 e. The quantitative estimate of drug-likeness (QED) is 0.139. The van der Waals surface area contributed by atoms with Crippen molar-refractivity contribution in [1.82, 2.24) is 33.6 Å². The number of nitrogens with one attached hydrogen (secondary N) is 3. The maximum atomic E-state index is 4.41. The second-order valence-electron chi connectivity index (χ2n) is 31.5. The highest BCUT2D eigenvalue weighted by Gasteiger charge is 2.22. The molecule has 0 fully saturated rings. The maximum absolute atomic E-state index is 4.41. The van der Waals surface area contributed by atoms with E-state index >= 15 is 0 Å². The van der Waals surface area contributed by atoms with Crippen molar-refractivity contribution < 1.29 is 0 Å².